The van der Waals surface area contributed by atoms with Crippen molar-refractivity contribution in [1.82, 2.24) is 0 Å². The molecule has 2 radical (unpaired) electrons. The summed E-state index contributed by atoms with van der Waals surface area (Å²) in [5.41, 5.74) is 0. The fourth-order valence-electron chi connectivity index (χ4n) is 0. The van der Waals surface area contributed by atoms with Crippen LogP contribution in [0.2, 0.25) is 18.0 Å². The van der Waals surface area contributed by atoms with Gasteiger partial charge in [-0.2, -0.15) is 11.1 Å². The highest BCUT2D eigenvalue weighted by atomic mass is 35.6. The van der Waals surface area contributed by atoms with Crippen molar-refractivity contribution in [1.29, 1.82) is 0 Å². The Bertz CT molecular complexity index is 42.7. The van der Waals surface area contributed by atoms with Crippen molar-refractivity contribution < 1.29 is 0 Å². The molecule has 0 N–H and O–H groups in total. The first kappa shape index (κ1) is 11.2. The SMILES string of the molecule is C[Si](C)(Cl)[CH2][Al].Cl. The van der Waals surface area contributed by atoms with Crippen molar-refractivity contribution in [2.75, 3.05) is 0 Å². The summed E-state index contributed by atoms with van der Waals surface area (Å²) in [6, 6.07) is 0. The van der Waals surface area contributed by atoms with Gasteiger partial charge in [-0.25, -0.2) is 0 Å². The molecule has 0 heterocycles. The maximum Gasteiger partial charge on any atom is 0.136 e. The standard InChI is InChI=1S/C3H8ClSi.Al.ClH/c1-5(2,3)4;;/h1H2,2-3H3;;1H. The van der Waals surface area contributed by atoms with Gasteiger partial charge in [0.05, 0.1) is 0 Å². The largest absolute Gasteiger partial charge is 0.169 e. The van der Waals surface area contributed by atoms with Gasteiger partial charge in [0.2, 0.25) is 0 Å². The van der Waals surface area contributed by atoms with Gasteiger partial charge >= 0.3 is 0 Å². The van der Waals surface area contributed by atoms with Crippen LogP contribution < -0.4 is 0 Å². The van der Waals surface area contributed by atoms with Crippen LogP contribution in [0.3, 0.4) is 0 Å². The van der Waals surface area contributed by atoms with Gasteiger partial charge in [0.15, 0.2) is 0 Å². The second-order valence-corrected chi connectivity index (χ2v) is 10.1. The highest BCUT2D eigenvalue weighted by Gasteiger charge is 2.10. The minimum Gasteiger partial charge on any atom is -0.169 e. The van der Waals surface area contributed by atoms with Crippen molar-refractivity contribution >= 4 is 47.2 Å². The molecule has 4 heteroatoms. The van der Waals surface area contributed by atoms with Gasteiger partial charge in [0, 0.05) is 0 Å². The van der Waals surface area contributed by atoms with Crippen molar-refractivity contribution in [3.63, 3.8) is 0 Å². The van der Waals surface area contributed by atoms with E-state index in [-0.39, 0.29) is 12.4 Å². The Morgan fingerprint density at radius 2 is 1.71 bits per heavy atom. The van der Waals surface area contributed by atoms with E-state index < -0.39 is 7.38 Å². The molecule has 0 aromatic carbocycles. The van der Waals surface area contributed by atoms with Crippen LogP contribution in [0.15, 0.2) is 0 Å². The Morgan fingerprint density at radius 1 is 1.57 bits per heavy atom. The van der Waals surface area contributed by atoms with Crippen molar-refractivity contribution in [3.05, 3.63) is 0 Å². The Hall–Kier alpha value is 1.33. The summed E-state index contributed by atoms with van der Waals surface area (Å²) >= 11 is 8.49. The summed E-state index contributed by atoms with van der Waals surface area (Å²) in [5, 5.41) is 0. The fourth-order valence-corrected chi connectivity index (χ4v) is 0. The van der Waals surface area contributed by atoms with Crippen LogP contribution in [0.5, 0.6) is 0 Å². The molecule has 0 atom stereocenters. The Kier molecular flexibility index (Phi) is 6.75. The minimum atomic E-state index is -1.20. The average Bonchev–Trinajstić information content (AvgIpc) is 1.35. The smallest absolute Gasteiger partial charge is 0.136 e. The highest BCUT2D eigenvalue weighted by molar-refractivity contribution is 7.20. The fraction of sp³-hybridized carbons (Fsp3) is 1.00. The third-order valence-corrected chi connectivity index (χ3v) is 5.76. The van der Waals surface area contributed by atoms with E-state index >= 15 is 0 Å². The van der Waals surface area contributed by atoms with Gasteiger partial charge < -0.3 is 0 Å². The normalized spacial score (nSPS) is 10.1. The molecule has 0 unspecified atom stereocenters. The topological polar surface area (TPSA) is 0 Å². The van der Waals surface area contributed by atoms with Gasteiger partial charge in [-0.1, -0.05) is 13.1 Å². The summed E-state index contributed by atoms with van der Waals surface area (Å²) < 4.78 is 0. The Labute approximate surface area is 65.2 Å². The van der Waals surface area contributed by atoms with E-state index in [2.05, 4.69) is 29.4 Å². The lowest BCUT2D eigenvalue weighted by Crippen LogP contribution is -2.14. The molecule has 7 heavy (non-hydrogen) atoms. The molecule has 0 saturated heterocycles. The Balaban J connectivity index is 0. The predicted octanol–water partition coefficient (Wildman–Crippen LogP) is 1.98. The molecule has 0 fully saturated rings. The first-order chi connectivity index (χ1) is 2.56. The third-order valence-electron chi connectivity index (χ3n) is 0.485. The molecule has 0 spiro atoms. The van der Waals surface area contributed by atoms with Crippen LogP contribution in [-0.2, 0) is 0 Å². The summed E-state index contributed by atoms with van der Waals surface area (Å²) in [4.78, 5) is 1.09. The first-order valence-corrected chi connectivity index (χ1v) is 6.99. The maximum atomic E-state index is 5.84. The van der Waals surface area contributed by atoms with Crippen LogP contribution in [0.25, 0.3) is 0 Å². The number of rotatable bonds is 1. The van der Waals surface area contributed by atoms with Gasteiger partial charge in [0.25, 0.3) is 0 Å². The lowest BCUT2D eigenvalue weighted by Gasteiger charge is -2.06. The molecule has 0 nitrogen and oxygen atoms in total. The van der Waals surface area contributed by atoms with Crippen LogP contribution >= 0.6 is 23.5 Å². The van der Waals surface area contributed by atoms with E-state index in [4.69, 9.17) is 11.1 Å². The molecular formula is C3H9AlCl2Si. The van der Waals surface area contributed by atoms with Crippen molar-refractivity contribution in [2.24, 2.45) is 0 Å². The summed E-state index contributed by atoms with van der Waals surface area (Å²) in [7, 11) is -1.20. The molecule has 0 saturated carbocycles. The number of halogens is 2. The van der Waals surface area contributed by atoms with Gasteiger partial charge in [-0.15, -0.1) is 17.3 Å². The quantitative estimate of drug-likeness (QED) is 0.418. The van der Waals surface area contributed by atoms with E-state index in [0.29, 0.717) is 0 Å². The summed E-state index contributed by atoms with van der Waals surface area (Å²) in [6.45, 7) is 4.25. The van der Waals surface area contributed by atoms with Crippen LogP contribution in [0, 0.1) is 0 Å². The average molecular weight is 171 g/mol. The van der Waals surface area contributed by atoms with Crippen LogP contribution in [0.1, 0.15) is 0 Å². The van der Waals surface area contributed by atoms with Gasteiger partial charge in [-0.05, 0) is 0 Å². The van der Waals surface area contributed by atoms with Crippen LogP contribution in [-0.4, -0.2) is 23.7 Å². The highest BCUT2D eigenvalue weighted by Crippen LogP contribution is 2.09. The second kappa shape index (κ2) is 4.23. The molecule has 0 bridgehead atoms. The monoisotopic (exact) mass is 170 g/mol. The summed E-state index contributed by atoms with van der Waals surface area (Å²) in [6.07, 6.45) is 0. The van der Waals surface area contributed by atoms with Gasteiger partial charge in [0.1, 0.15) is 23.7 Å². The molecule has 0 amide bonds. The molecule has 0 aliphatic carbocycles. The number of hydrogen-bond acceptors (Lipinski definition) is 0. The zero-order chi connectivity index (χ0) is 5.21. The van der Waals surface area contributed by atoms with Crippen molar-refractivity contribution in [2.45, 2.75) is 18.0 Å². The molecule has 0 aromatic heterocycles. The van der Waals surface area contributed by atoms with Gasteiger partial charge in [-0.3, -0.25) is 0 Å². The first-order valence-electron chi connectivity index (χ1n) is 1.95. The zero-order valence-electron chi connectivity index (χ0n) is 4.57. The second-order valence-electron chi connectivity index (χ2n) is 1.92. The van der Waals surface area contributed by atoms with E-state index in [1.165, 1.54) is 0 Å². The number of hydrogen-bond donors (Lipinski definition) is 0. The zero-order valence-corrected chi connectivity index (χ0v) is 8.30. The predicted molar refractivity (Wildman–Crippen MR) is 41.1 cm³/mol. The molecule has 0 aliphatic heterocycles. The van der Waals surface area contributed by atoms with E-state index in [9.17, 15) is 0 Å². The molecule has 42 valence electrons. The van der Waals surface area contributed by atoms with E-state index in [0.717, 1.165) is 4.91 Å². The Morgan fingerprint density at radius 3 is 1.71 bits per heavy atom. The molecule has 0 aromatic rings. The molecule has 0 rings (SSSR count). The van der Waals surface area contributed by atoms with E-state index in [1.807, 2.05) is 0 Å². The molecule has 0 aliphatic rings. The minimum absolute atomic E-state index is 0. The molecular weight excluding hydrogens is 162 g/mol. The van der Waals surface area contributed by atoms with Crippen LogP contribution in [0.4, 0.5) is 0 Å². The lowest BCUT2D eigenvalue weighted by atomic mass is 11.8. The summed E-state index contributed by atoms with van der Waals surface area (Å²) in [5.74, 6) is 0. The lowest BCUT2D eigenvalue weighted by molar-refractivity contribution is 1.79. The third kappa shape index (κ3) is 11.1. The van der Waals surface area contributed by atoms with Crippen molar-refractivity contribution in [3.8, 4) is 0 Å². The maximum absolute atomic E-state index is 5.84. The van der Waals surface area contributed by atoms with E-state index in [1.54, 1.807) is 0 Å².